The van der Waals surface area contributed by atoms with Gasteiger partial charge < -0.3 is 10.1 Å². The van der Waals surface area contributed by atoms with Crippen LogP contribution in [0.4, 0.5) is 4.39 Å². The molecule has 3 nitrogen and oxygen atoms in total. The Bertz CT molecular complexity index is 519. The molecule has 0 unspecified atom stereocenters. The summed E-state index contributed by atoms with van der Waals surface area (Å²) in [5.41, 5.74) is 0. The van der Waals surface area contributed by atoms with Crippen LogP contribution in [0, 0.1) is 23.6 Å². The number of amides is 1. The smallest absolute Gasteiger partial charge is 0.258 e. The number of rotatable bonds is 5. The third kappa shape index (κ3) is 3.36. The van der Waals surface area contributed by atoms with Gasteiger partial charge in [0.1, 0.15) is 11.6 Å². The van der Waals surface area contributed by atoms with Crippen molar-refractivity contribution in [2.75, 3.05) is 6.61 Å². The second-order valence-electron chi connectivity index (χ2n) is 6.44. The van der Waals surface area contributed by atoms with Crippen molar-refractivity contribution < 1.29 is 13.9 Å². The highest BCUT2D eigenvalue weighted by Gasteiger charge is 2.42. The second-order valence-corrected chi connectivity index (χ2v) is 6.44. The van der Waals surface area contributed by atoms with Crippen molar-refractivity contribution in [3.8, 4) is 5.75 Å². The Morgan fingerprint density at radius 2 is 2.29 bits per heavy atom. The van der Waals surface area contributed by atoms with Gasteiger partial charge in [0.2, 0.25) is 0 Å². The Kier molecular flexibility index (Phi) is 4.13. The Morgan fingerprint density at radius 3 is 2.95 bits per heavy atom. The number of carbonyl (C=O) groups is 1. The van der Waals surface area contributed by atoms with Crippen LogP contribution in [-0.4, -0.2) is 18.6 Å². The van der Waals surface area contributed by atoms with Crippen LogP contribution < -0.4 is 10.1 Å². The number of ether oxygens (including phenoxy) is 1. The summed E-state index contributed by atoms with van der Waals surface area (Å²) >= 11 is 0. The highest BCUT2D eigenvalue weighted by molar-refractivity contribution is 5.77. The summed E-state index contributed by atoms with van der Waals surface area (Å²) in [5.74, 6) is 2.18. The SMILES string of the molecule is C[C@@H](NC(=O)COc1cccc(F)c1)[C@@H]1C[C@H]2CC[C@H]1C2. The molecule has 114 valence electrons. The Morgan fingerprint density at radius 1 is 1.43 bits per heavy atom. The Labute approximate surface area is 124 Å². The Balaban J connectivity index is 1.46. The van der Waals surface area contributed by atoms with Crippen molar-refractivity contribution in [2.24, 2.45) is 17.8 Å². The van der Waals surface area contributed by atoms with Crippen molar-refractivity contribution in [2.45, 2.75) is 38.6 Å². The van der Waals surface area contributed by atoms with Gasteiger partial charge in [-0.15, -0.1) is 0 Å². The predicted molar refractivity (Wildman–Crippen MR) is 78.4 cm³/mol. The van der Waals surface area contributed by atoms with Gasteiger partial charge in [-0.05, 0) is 56.1 Å². The lowest BCUT2D eigenvalue weighted by atomic mass is 9.84. The molecule has 3 rings (SSSR count). The van der Waals surface area contributed by atoms with Gasteiger partial charge in [0.25, 0.3) is 5.91 Å². The number of fused-ring (bicyclic) bond motifs is 2. The third-order valence-corrected chi connectivity index (χ3v) is 4.99. The lowest BCUT2D eigenvalue weighted by Crippen LogP contribution is -2.42. The van der Waals surface area contributed by atoms with Crippen LogP contribution in [0.15, 0.2) is 24.3 Å². The summed E-state index contributed by atoms with van der Waals surface area (Å²) in [6.07, 6.45) is 5.27. The molecule has 1 amide bonds. The predicted octanol–water partition coefficient (Wildman–Crippen LogP) is 3.15. The number of hydrogen-bond donors (Lipinski definition) is 1. The fourth-order valence-corrected chi connectivity index (χ4v) is 4.01. The van der Waals surface area contributed by atoms with Gasteiger partial charge in [-0.1, -0.05) is 12.5 Å². The van der Waals surface area contributed by atoms with E-state index < -0.39 is 0 Å². The van der Waals surface area contributed by atoms with E-state index in [1.807, 2.05) is 0 Å². The van der Waals surface area contributed by atoms with E-state index in [2.05, 4.69) is 12.2 Å². The molecule has 4 heteroatoms. The first-order valence-corrected chi connectivity index (χ1v) is 7.79. The number of hydrogen-bond acceptors (Lipinski definition) is 2. The summed E-state index contributed by atoms with van der Waals surface area (Å²) in [4.78, 5) is 11.9. The van der Waals surface area contributed by atoms with Gasteiger partial charge in [-0.3, -0.25) is 4.79 Å². The molecule has 0 heterocycles. The van der Waals surface area contributed by atoms with Crippen molar-refractivity contribution in [3.05, 3.63) is 30.1 Å². The molecule has 2 aliphatic rings. The zero-order valence-corrected chi connectivity index (χ0v) is 12.3. The van der Waals surface area contributed by atoms with Crippen LogP contribution in [0.3, 0.4) is 0 Å². The highest BCUT2D eigenvalue weighted by Crippen LogP contribution is 2.49. The summed E-state index contributed by atoms with van der Waals surface area (Å²) in [5, 5.41) is 3.03. The maximum Gasteiger partial charge on any atom is 0.258 e. The molecule has 1 aromatic carbocycles. The minimum absolute atomic E-state index is 0.0609. The number of carbonyl (C=O) groups excluding carboxylic acids is 1. The van der Waals surface area contributed by atoms with Gasteiger partial charge in [0.15, 0.2) is 6.61 Å². The van der Waals surface area contributed by atoms with Crippen molar-refractivity contribution in [1.82, 2.24) is 5.32 Å². The van der Waals surface area contributed by atoms with Crippen molar-refractivity contribution in [1.29, 1.82) is 0 Å². The molecule has 2 fully saturated rings. The molecular weight excluding hydrogens is 269 g/mol. The zero-order chi connectivity index (χ0) is 14.8. The molecule has 2 bridgehead atoms. The van der Waals surface area contributed by atoms with Crippen LogP contribution >= 0.6 is 0 Å². The monoisotopic (exact) mass is 291 g/mol. The van der Waals surface area contributed by atoms with Crippen LogP contribution in [0.25, 0.3) is 0 Å². The Hall–Kier alpha value is -1.58. The van der Waals surface area contributed by atoms with Crippen molar-refractivity contribution >= 4 is 5.91 Å². The second kappa shape index (κ2) is 6.04. The molecule has 21 heavy (non-hydrogen) atoms. The zero-order valence-electron chi connectivity index (χ0n) is 12.3. The van der Waals surface area contributed by atoms with E-state index in [4.69, 9.17) is 4.74 Å². The molecule has 0 aromatic heterocycles. The van der Waals surface area contributed by atoms with E-state index in [1.165, 1.54) is 37.8 Å². The third-order valence-electron chi connectivity index (χ3n) is 4.99. The summed E-state index contributed by atoms with van der Waals surface area (Å²) in [6.45, 7) is 2.03. The standard InChI is InChI=1S/C17H22FNO2/c1-11(16-8-12-5-6-13(16)7-12)19-17(20)10-21-15-4-2-3-14(18)9-15/h2-4,9,11-13,16H,5-8,10H2,1H3,(H,19,20)/t11-,12+,13+,16+/m1/s1. The van der Waals surface area contributed by atoms with E-state index >= 15 is 0 Å². The summed E-state index contributed by atoms with van der Waals surface area (Å²) < 4.78 is 18.3. The van der Waals surface area contributed by atoms with E-state index in [9.17, 15) is 9.18 Å². The number of benzene rings is 1. The molecule has 0 spiro atoms. The van der Waals surface area contributed by atoms with Crippen LogP contribution in [0.5, 0.6) is 5.75 Å². The van der Waals surface area contributed by atoms with E-state index in [1.54, 1.807) is 12.1 Å². The van der Waals surface area contributed by atoms with Crippen LogP contribution in [0.1, 0.15) is 32.6 Å². The lowest BCUT2D eigenvalue weighted by molar-refractivity contribution is -0.124. The lowest BCUT2D eigenvalue weighted by Gasteiger charge is -2.28. The van der Waals surface area contributed by atoms with E-state index in [0.717, 1.165) is 11.8 Å². The van der Waals surface area contributed by atoms with Crippen LogP contribution in [-0.2, 0) is 4.79 Å². The highest BCUT2D eigenvalue weighted by atomic mass is 19.1. The number of halogens is 1. The normalized spacial score (nSPS) is 28.4. The molecule has 4 atom stereocenters. The van der Waals surface area contributed by atoms with Gasteiger partial charge >= 0.3 is 0 Å². The first-order chi connectivity index (χ1) is 10.1. The van der Waals surface area contributed by atoms with Gasteiger partial charge in [0, 0.05) is 12.1 Å². The van der Waals surface area contributed by atoms with Gasteiger partial charge in [-0.25, -0.2) is 4.39 Å². The van der Waals surface area contributed by atoms with E-state index in [0.29, 0.717) is 11.7 Å². The fourth-order valence-electron chi connectivity index (χ4n) is 4.01. The van der Waals surface area contributed by atoms with Crippen LogP contribution in [0.2, 0.25) is 0 Å². The maximum absolute atomic E-state index is 13.0. The molecule has 2 saturated carbocycles. The maximum atomic E-state index is 13.0. The topological polar surface area (TPSA) is 38.3 Å². The average molecular weight is 291 g/mol. The molecule has 2 aliphatic carbocycles. The van der Waals surface area contributed by atoms with Gasteiger partial charge in [-0.2, -0.15) is 0 Å². The van der Waals surface area contributed by atoms with E-state index in [-0.39, 0.29) is 24.4 Å². The fraction of sp³-hybridized carbons (Fsp3) is 0.588. The molecule has 1 N–H and O–H groups in total. The summed E-state index contributed by atoms with van der Waals surface area (Å²) in [6, 6.07) is 6.05. The largest absolute Gasteiger partial charge is 0.484 e. The molecule has 0 saturated heterocycles. The van der Waals surface area contributed by atoms with Gasteiger partial charge in [0.05, 0.1) is 0 Å². The summed E-state index contributed by atoms with van der Waals surface area (Å²) in [7, 11) is 0. The minimum Gasteiger partial charge on any atom is -0.484 e. The van der Waals surface area contributed by atoms with Crippen molar-refractivity contribution in [3.63, 3.8) is 0 Å². The number of nitrogens with one attached hydrogen (secondary N) is 1. The molecule has 1 aromatic rings. The quantitative estimate of drug-likeness (QED) is 0.905. The minimum atomic E-state index is -0.358. The molecule has 0 aliphatic heterocycles. The average Bonchev–Trinajstić information content (AvgIpc) is 3.08. The molecule has 0 radical (unpaired) electrons. The first kappa shape index (κ1) is 14.4. The first-order valence-electron chi connectivity index (χ1n) is 7.79. The molecular formula is C17H22FNO2.